The SMILES string of the molecule is CC1CCN(S(=O)(=O)N2CCC(NC(=O)C3CCCCC3)CC2)CC1. The summed E-state index contributed by atoms with van der Waals surface area (Å²) in [5, 5.41) is 3.17. The Bertz CT molecular complexity index is 544. The minimum Gasteiger partial charge on any atom is -0.353 e. The lowest BCUT2D eigenvalue weighted by molar-refractivity contribution is -0.126. The van der Waals surface area contributed by atoms with Gasteiger partial charge in [-0.1, -0.05) is 26.2 Å². The summed E-state index contributed by atoms with van der Waals surface area (Å²) < 4.78 is 28.8. The van der Waals surface area contributed by atoms with Gasteiger partial charge >= 0.3 is 0 Å². The number of carbonyl (C=O) groups is 1. The van der Waals surface area contributed by atoms with E-state index in [9.17, 15) is 13.2 Å². The molecule has 2 saturated heterocycles. The summed E-state index contributed by atoms with van der Waals surface area (Å²) in [7, 11) is -3.33. The second-order valence-electron chi connectivity index (χ2n) is 8.11. The summed E-state index contributed by atoms with van der Waals surface area (Å²) in [6.07, 6.45) is 8.92. The molecule has 7 heteroatoms. The maximum Gasteiger partial charge on any atom is 0.281 e. The van der Waals surface area contributed by atoms with Crippen molar-refractivity contribution in [3.8, 4) is 0 Å². The molecule has 1 aliphatic carbocycles. The van der Waals surface area contributed by atoms with Crippen molar-refractivity contribution in [1.29, 1.82) is 0 Å². The summed E-state index contributed by atoms with van der Waals surface area (Å²) in [4.78, 5) is 12.4. The Balaban J connectivity index is 1.47. The maximum absolute atomic E-state index is 12.8. The third-order valence-electron chi connectivity index (χ3n) is 6.17. The summed E-state index contributed by atoms with van der Waals surface area (Å²) in [5.74, 6) is 0.976. The van der Waals surface area contributed by atoms with Crippen LogP contribution in [0.3, 0.4) is 0 Å². The second-order valence-corrected chi connectivity index (χ2v) is 10.0. The van der Waals surface area contributed by atoms with Crippen LogP contribution in [0.5, 0.6) is 0 Å². The number of rotatable bonds is 4. The molecule has 0 atom stereocenters. The minimum absolute atomic E-state index is 0.127. The fourth-order valence-electron chi connectivity index (χ4n) is 4.29. The number of hydrogen-bond donors (Lipinski definition) is 1. The quantitative estimate of drug-likeness (QED) is 0.823. The Morgan fingerprint density at radius 3 is 1.92 bits per heavy atom. The van der Waals surface area contributed by atoms with Crippen molar-refractivity contribution in [2.75, 3.05) is 26.2 Å². The van der Waals surface area contributed by atoms with E-state index in [1.807, 2.05) is 0 Å². The van der Waals surface area contributed by atoms with Crippen LogP contribution >= 0.6 is 0 Å². The van der Waals surface area contributed by atoms with Gasteiger partial charge in [-0.2, -0.15) is 17.0 Å². The van der Waals surface area contributed by atoms with Crippen LogP contribution in [0.1, 0.15) is 64.7 Å². The molecule has 2 heterocycles. The summed E-state index contributed by atoms with van der Waals surface area (Å²) >= 11 is 0. The van der Waals surface area contributed by atoms with Crippen LogP contribution in [0.2, 0.25) is 0 Å². The van der Waals surface area contributed by atoms with E-state index in [4.69, 9.17) is 0 Å². The van der Waals surface area contributed by atoms with Gasteiger partial charge in [0.05, 0.1) is 0 Å². The highest BCUT2D eigenvalue weighted by molar-refractivity contribution is 7.86. The van der Waals surface area contributed by atoms with Crippen molar-refractivity contribution >= 4 is 16.1 Å². The molecule has 0 spiro atoms. The zero-order valence-electron chi connectivity index (χ0n) is 15.5. The number of carbonyl (C=O) groups excluding carboxylic acids is 1. The fraction of sp³-hybridized carbons (Fsp3) is 0.944. The molecule has 25 heavy (non-hydrogen) atoms. The van der Waals surface area contributed by atoms with Crippen molar-refractivity contribution in [2.45, 2.75) is 70.8 Å². The van der Waals surface area contributed by atoms with E-state index in [-0.39, 0.29) is 17.9 Å². The average molecular weight is 372 g/mol. The van der Waals surface area contributed by atoms with Crippen LogP contribution in [-0.4, -0.2) is 55.2 Å². The number of nitrogens with one attached hydrogen (secondary N) is 1. The van der Waals surface area contributed by atoms with Gasteiger partial charge in [-0.3, -0.25) is 4.79 Å². The third-order valence-corrected chi connectivity index (χ3v) is 8.21. The van der Waals surface area contributed by atoms with E-state index >= 15 is 0 Å². The van der Waals surface area contributed by atoms with Gasteiger partial charge < -0.3 is 5.32 Å². The first-order valence-electron chi connectivity index (χ1n) is 10.0. The smallest absolute Gasteiger partial charge is 0.281 e. The molecule has 0 aromatic carbocycles. The van der Waals surface area contributed by atoms with Gasteiger partial charge in [0.1, 0.15) is 0 Å². The highest BCUT2D eigenvalue weighted by Gasteiger charge is 2.35. The van der Waals surface area contributed by atoms with Gasteiger partial charge in [-0.15, -0.1) is 0 Å². The van der Waals surface area contributed by atoms with E-state index in [1.54, 1.807) is 8.61 Å². The van der Waals surface area contributed by atoms with E-state index in [1.165, 1.54) is 6.42 Å². The molecular formula is C18H33N3O3S. The van der Waals surface area contributed by atoms with E-state index in [0.717, 1.165) is 51.4 Å². The Kier molecular flexibility index (Phi) is 6.39. The molecular weight excluding hydrogens is 338 g/mol. The first-order chi connectivity index (χ1) is 12.0. The van der Waals surface area contributed by atoms with Crippen molar-refractivity contribution < 1.29 is 13.2 Å². The van der Waals surface area contributed by atoms with Gasteiger partial charge in [0, 0.05) is 38.1 Å². The van der Waals surface area contributed by atoms with Crippen molar-refractivity contribution in [2.24, 2.45) is 11.8 Å². The Labute approximate surface area is 152 Å². The Morgan fingerprint density at radius 2 is 1.36 bits per heavy atom. The fourth-order valence-corrected chi connectivity index (χ4v) is 5.96. The van der Waals surface area contributed by atoms with Gasteiger partial charge in [0.2, 0.25) is 5.91 Å². The monoisotopic (exact) mass is 371 g/mol. The lowest BCUT2D eigenvalue weighted by Gasteiger charge is -2.37. The summed E-state index contributed by atoms with van der Waals surface area (Å²) in [6.45, 7) is 4.50. The van der Waals surface area contributed by atoms with E-state index in [0.29, 0.717) is 32.1 Å². The average Bonchev–Trinajstić information content (AvgIpc) is 2.63. The topological polar surface area (TPSA) is 69.7 Å². The van der Waals surface area contributed by atoms with Crippen LogP contribution in [-0.2, 0) is 15.0 Å². The molecule has 3 fully saturated rings. The molecule has 3 rings (SSSR count). The zero-order chi connectivity index (χ0) is 17.9. The Hall–Kier alpha value is -0.660. The molecule has 0 unspecified atom stereocenters. The molecule has 1 amide bonds. The molecule has 2 aliphatic heterocycles. The Morgan fingerprint density at radius 1 is 0.840 bits per heavy atom. The summed E-state index contributed by atoms with van der Waals surface area (Å²) in [6, 6.07) is 0.127. The number of hydrogen-bond acceptors (Lipinski definition) is 3. The first-order valence-corrected chi connectivity index (χ1v) is 11.4. The van der Waals surface area contributed by atoms with E-state index < -0.39 is 10.2 Å². The number of piperidine rings is 2. The largest absolute Gasteiger partial charge is 0.353 e. The van der Waals surface area contributed by atoms with Crippen LogP contribution in [0.25, 0.3) is 0 Å². The van der Waals surface area contributed by atoms with Gasteiger partial charge in [-0.25, -0.2) is 0 Å². The van der Waals surface area contributed by atoms with Crippen molar-refractivity contribution in [1.82, 2.24) is 13.9 Å². The maximum atomic E-state index is 12.8. The minimum atomic E-state index is -3.33. The van der Waals surface area contributed by atoms with Gasteiger partial charge in [-0.05, 0) is 44.4 Å². The highest BCUT2D eigenvalue weighted by Crippen LogP contribution is 2.25. The molecule has 1 N–H and O–H groups in total. The zero-order valence-corrected chi connectivity index (χ0v) is 16.3. The highest BCUT2D eigenvalue weighted by atomic mass is 32.2. The van der Waals surface area contributed by atoms with Crippen LogP contribution in [0.4, 0.5) is 0 Å². The summed E-state index contributed by atoms with van der Waals surface area (Å²) in [5.41, 5.74) is 0. The lowest BCUT2D eigenvalue weighted by atomic mass is 9.88. The van der Waals surface area contributed by atoms with Gasteiger partial charge in [0.15, 0.2) is 0 Å². The molecule has 144 valence electrons. The van der Waals surface area contributed by atoms with Crippen LogP contribution < -0.4 is 5.32 Å². The van der Waals surface area contributed by atoms with E-state index in [2.05, 4.69) is 12.2 Å². The molecule has 0 bridgehead atoms. The number of nitrogens with zero attached hydrogens (tertiary/aromatic N) is 2. The lowest BCUT2D eigenvalue weighted by Crippen LogP contribution is -2.52. The normalized spacial score (nSPS) is 26.6. The van der Waals surface area contributed by atoms with Crippen LogP contribution in [0, 0.1) is 11.8 Å². The first kappa shape index (κ1) is 19.1. The van der Waals surface area contributed by atoms with Gasteiger partial charge in [0.25, 0.3) is 10.2 Å². The molecule has 1 saturated carbocycles. The molecule has 6 nitrogen and oxygen atoms in total. The molecule has 0 aromatic rings. The molecule has 3 aliphatic rings. The molecule has 0 radical (unpaired) electrons. The van der Waals surface area contributed by atoms with Crippen LogP contribution in [0.15, 0.2) is 0 Å². The standard InChI is InChI=1S/C18H33N3O3S/c1-15-7-11-20(12-8-15)25(23,24)21-13-9-17(10-14-21)19-18(22)16-5-3-2-4-6-16/h15-17H,2-14H2,1H3,(H,19,22). The van der Waals surface area contributed by atoms with Crippen molar-refractivity contribution in [3.63, 3.8) is 0 Å². The predicted molar refractivity (Wildman–Crippen MR) is 98.2 cm³/mol. The molecule has 0 aromatic heterocycles. The third kappa shape index (κ3) is 4.74. The predicted octanol–water partition coefficient (Wildman–Crippen LogP) is 2.12. The number of amides is 1. The second kappa shape index (κ2) is 8.35. The van der Waals surface area contributed by atoms with Crippen molar-refractivity contribution in [3.05, 3.63) is 0 Å².